The van der Waals surface area contributed by atoms with Gasteiger partial charge in [-0.3, -0.25) is 9.88 Å². The van der Waals surface area contributed by atoms with Crippen LogP contribution in [-0.4, -0.2) is 47.6 Å². The summed E-state index contributed by atoms with van der Waals surface area (Å²) in [5, 5.41) is 6.47. The van der Waals surface area contributed by atoms with Gasteiger partial charge in [-0.15, -0.1) is 0 Å². The van der Waals surface area contributed by atoms with Crippen molar-refractivity contribution in [3.63, 3.8) is 0 Å². The lowest BCUT2D eigenvalue weighted by atomic mass is 10.2. The highest BCUT2D eigenvalue weighted by Crippen LogP contribution is 2.04. The maximum atomic E-state index is 13.6. The first-order valence-corrected chi connectivity index (χ1v) is 8.33. The maximum absolute atomic E-state index is 13.6. The Morgan fingerprint density at radius 1 is 1.26 bits per heavy atom. The molecule has 130 valence electrons. The fraction of sp³-hybridized carbons (Fsp3) is 0.647. The van der Waals surface area contributed by atoms with Crippen LogP contribution in [0.4, 0.5) is 4.39 Å². The minimum Gasteiger partial charge on any atom is -0.357 e. The van der Waals surface area contributed by atoms with Gasteiger partial charge in [0.1, 0.15) is 5.82 Å². The van der Waals surface area contributed by atoms with E-state index >= 15 is 0 Å². The minimum absolute atomic E-state index is 0.222. The number of hydrogen-bond acceptors (Lipinski definition) is 3. The molecule has 0 radical (unpaired) electrons. The third-order valence-electron chi connectivity index (χ3n) is 3.55. The van der Waals surface area contributed by atoms with Gasteiger partial charge >= 0.3 is 0 Å². The molecule has 1 heterocycles. The van der Waals surface area contributed by atoms with E-state index in [0.717, 1.165) is 19.6 Å². The lowest BCUT2D eigenvalue weighted by Gasteiger charge is -2.30. The second-order valence-corrected chi connectivity index (χ2v) is 5.98. The molecule has 0 unspecified atom stereocenters. The monoisotopic (exact) mass is 323 g/mol. The molecular formula is C17H30FN5. The quantitative estimate of drug-likeness (QED) is 0.570. The van der Waals surface area contributed by atoms with E-state index in [9.17, 15) is 4.39 Å². The molecule has 6 heteroatoms. The van der Waals surface area contributed by atoms with E-state index in [2.05, 4.69) is 53.2 Å². The van der Waals surface area contributed by atoms with E-state index in [4.69, 9.17) is 0 Å². The number of pyridine rings is 1. The average Bonchev–Trinajstić information content (AvgIpc) is 2.49. The third-order valence-corrected chi connectivity index (χ3v) is 3.55. The van der Waals surface area contributed by atoms with Crippen LogP contribution in [0.5, 0.6) is 0 Å². The maximum Gasteiger partial charge on any atom is 0.191 e. The van der Waals surface area contributed by atoms with Crippen molar-refractivity contribution in [2.45, 2.75) is 53.2 Å². The molecule has 23 heavy (non-hydrogen) atoms. The molecule has 0 aliphatic heterocycles. The van der Waals surface area contributed by atoms with E-state index in [1.807, 2.05) is 6.92 Å². The molecule has 1 aromatic heterocycles. The van der Waals surface area contributed by atoms with Crippen LogP contribution in [0.2, 0.25) is 0 Å². The normalized spacial score (nSPS) is 12.3. The van der Waals surface area contributed by atoms with Gasteiger partial charge < -0.3 is 10.6 Å². The first kappa shape index (κ1) is 19.4. The second-order valence-electron chi connectivity index (χ2n) is 5.98. The van der Waals surface area contributed by atoms with Gasteiger partial charge in [-0.2, -0.15) is 0 Å². The molecule has 2 N–H and O–H groups in total. The largest absolute Gasteiger partial charge is 0.357 e. The van der Waals surface area contributed by atoms with Crippen molar-refractivity contribution in [1.82, 2.24) is 20.5 Å². The van der Waals surface area contributed by atoms with E-state index in [1.54, 1.807) is 12.3 Å². The molecule has 0 aromatic carbocycles. The Bertz CT molecular complexity index is 480. The molecule has 0 atom stereocenters. The summed E-state index contributed by atoms with van der Waals surface area (Å²) in [7, 11) is 0. The van der Waals surface area contributed by atoms with Crippen LogP contribution in [-0.2, 0) is 6.54 Å². The summed E-state index contributed by atoms with van der Waals surface area (Å²) >= 11 is 0. The molecule has 1 rings (SSSR count). The highest BCUT2D eigenvalue weighted by Gasteiger charge is 2.12. The number of hydrogen-bond donors (Lipinski definition) is 2. The molecule has 0 saturated carbocycles. The van der Waals surface area contributed by atoms with E-state index in [1.165, 1.54) is 6.07 Å². The molecule has 5 nitrogen and oxygen atoms in total. The van der Waals surface area contributed by atoms with Crippen molar-refractivity contribution in [1.29, 1.82) is 0 Å². The lowest BCUT2D eigenvalue weighted by molar-refractivity contribution is 0.178. The summed E-state index contributed by atoms with van der Waals surface area (Å²) < 4.78 is 13.6. The van der Waals surface area contributed by atoms with Crippen molar-refractivity contribution in [3.8, 4) is 0 Å². The van der Waals surface area contributed by atoms with Gasteiger partial charge in [-0.25, -0.2) is 9.38 Å². The fourth-order valence-electron chi connectivity index (χ4n) is 2.45. The minimum atomic E-state index is -0.321. The standard InChI is InChI=1S/C17H30FN5/c1-6-19-17(21-10-11-23(13(2)3)14(4)5)22-12-16-15(18)8-7-9-20-16/h7-9,13-14H,6,10-12H2,1-5H3,(H2,19,21,22). The van der Waals surface area contributed by atoms with Crippen molar-refractivity contribution >= 4 is 5.96 Å². The number of nitrogens with zero attached hydrogens (tertiary/aromatic N) is 3. The van der Waals surface area contributed by atoms with Crippen LogP contribution in [0.25, 0.3) is 0 Å². The molecule has 0 amide bonds. The molecular weight excluding hydrogens is 293 g/mol. The van der Waals surface area contributed by atoms with Crippen molar-refractivity contribution in [2.75, 3.05) is 19.6 Å². The molecule has 0 aliphatic carbocycles. The predicted molar refractivity (Wildman–Crippen MR) is 94.0 cm³/mol. The van der Waals surface area contributed by atoms with E-state index < -0.39 is 0 Å². The molecule has 1 aromatic rings. The zero-order chi connectivity index (χ0) is 17.2. The zero-order valence-electron chi connectivity index (χ0n) is 14.9. The molecule has 0 saturated heterocycles. The predicted octanol–water partition coefficient (Wildman–Crippen LogP) is 2.39. The smallest absolute Gasteiger partial charge is 0.191 e. The molecule has 0 bridgehead atoms. The first-order chi connectivity index (χ1) is 11.0. The Kier molecular flexibility index (Phi) is 8.55. The number of aliphatic imine (C=N–C) groups is 1. The van der Waals surface area contributed by atoms with Crippen LogP contribution < -0.4 is 10.6 Å². The zero-order valence-corrected chi connectivity index (χ0v) is 14.9. The fourth-order valence-corrected chi connectivity index (χ4v) is 2.45. The Morgan fingerprint density at radius 3 is 2.52 bits per heavy atom. The van der Waals surface area contributed by atoms with Crippen LogP contribution in [0.3, 0.4) is 0 Å². The van der Waals surface area contributed by atoms with Gasteiger partial charge in [0.05, 0.1) is 12.2 Å². The highest BCUT2D eigenvalue weighted by molar-refractivity contribution is 5.79. The van der Waals surface area contributed by atoms with Crippen LogP contribution in [0, 0.1) is 5.82 Å². The van der Waals surface area contributed by atoms with Gasteiger partial charge in [-0.1, -0.05) is 0 Å². The number of halogens is 1. The van der Waals surface area contributed by atoms with Crippen molar-refractivity contribution in [2.24, 2.45) is 4.99 Å². The summed E-state index contributed by atoms with van der Waals surface area (Å²) in [4.78, 5) is 10.8. The van der Waals surface area contributed by atoms with Gasteiger partial charge in [0.15, 0.2) is 5.96 Å². The molecule has 0 spiro atoms. The topological polar surface area (TPSA) is 52.6 Å². The van der Waals surface area contributed by atoms with Gasteiger partial charge in [0.25, 0.3) is 0 Å². The van der Waals surface area contributed by atoms with E-state index in [0.29, 0.717) is 23.7 Å². The van der Waals surface area contributed by atoms with Crippen molar-refractivity contribution in [3.05, 3.63) is 29.8 Å². The van der Waals surface area contributed by atoms with Gasteiger partial charge in [-0.05, 0) is 46.8 Å². The van der Waals surface area contributed by atoms with Crippen molar-refractivity contribution < 1.29 is 4.39 Å². The Hall–Kier alpha value is -1.69. The average molecular weight is 323 g/mol. The Labute approximate surface area is 139 Å². The second kappa shape index (κ2) is 10.2. The summed E-state index contributed by atoms with van der Waals surface area (Å²) in [6, 6.07) is 3.98. The number of aromatic nitrogens is 1. The van der Waals surface area contributed by atoms with Crippen LogP contribution in [0.1, 0.15) is 40.3 Å². The lowest BCUT2D eigenvalue weighted by Crippen LogP contribution is -2.45. The number of rotatable bonds is 8. The number of nitrogens with one attached hydrogen (secondary N) is 2. The molecule has 0 aliphatic rings. The summed E-state index contributed by atoms with van der Waals surface area (Å²) in [6.45, 7) is 13.5. The number of guanidine groups is 1. The van der Waals surface area contributed by atoms with Crippen LogP contribution in [0.15, 0.2) is 23.3 Å². The summed E-state index contributed by atoms with van der Waals surface area (Å²) in [6.07, 6.45) is 1.58. The Morgan fingerprint density at radius 2 is 1.96 bits per heavy atom. The highest BCUT2D eigenvalue weighted by atomic mass is 19.1. The van der Waals surface area contributed by atoms with Crippen LogP contribution >= 0.6 is 0 Å². The summed E-state index contributed by atoms with van der Waals surface area (Å²) in [5.41, 5.74) is 0.357. The first-order valence-electron chi connectivity index (χ1n) is 8.33. The van der Waals surface area contributed by atoms with Gasteiger partial charge in [0, 0.05) is 37.9 Å². The Balaban J connectivity index is 2.57. The van der Waals surface area contributed by atoms with Gasteiger partial charge in [0.2, 0.25) is 0 Å². The SMILES string of the molecule is CCNC(=NCc1ncccc1F)NCCN(C(C)C)C(C)C. The summed E-state index contributed by atoms with van der Waals surface area (Å²) in [5.74, 6) is 0.364. The third kappa shape index (κ3) is 6.95. The molecule has 0 fully saturated rings. The van der Waals surface area contributed by atoms with E-state index in [-0.39, 0.29) is 12.4 Å².